The molecule has 2 heterocycles. The molecule has 1 unspecified atom stereocenters. The fourth-order valence-corrected chi connectivity index (χ4v) is 3.82. The predicted octanol–water partition coefficient (Wildman–Crippen LogP) is 3.14. The van der Waals surface area contributed by atoms with Gasteiger partial charge in [0.25, 0.3) is 0 Å². The maximum absolute atomic E-state index is 4.94. The van der Waals surface area contributed by atoms with Gasteiger partial charge in [0.2, 0.25) is 5.95 Å². The van der Waals surface area contributed by atoms with Crippen LogP contribution in [0.2, 0.25) is 0 Å². The van der Waals surface area contributed by atoms with E-state index >= 15 is 0 Å². The van der Waals surface area contributed by atoms with Gasteiger partial charge < -0.3 is 14.8 Å². The Morgan fingerprint density at radius 3 is 2.71 bits per heavy atom. The summed E-state index contributed by atoms with van der Waals surface area (Å²) in [4.78, 5) is 7.37. The highest BCUT2D eigenvalue weighted by molar-refractivity contribution is 5.35. The van der Waals surface area contributed by atoms with Crippen LogP contribution >= 0.6 is 0 Å². The Labute approximate surface area is 128 Å². The highest BCUT2D eigenvalue weighted by atomic mass is 15.3. The zero-order chi connectivity index (χ0) is 14.7. The van der Waals surface area contributed by atoms with Crippen molar-refractivity contribution < 1.29 is 0 Å². The third-order valence-corrected chi connectivity index (χ3v) is 5.23. The largest absolute Gasteiger partial charge is 0.341 e. The molecule has 1 aromatic rings. The number of aryl methyl sites for hydroxylation is 1. The quantitative estimate of drug-likeness (QED) is 0.925. The third kappa shape index (κ3) is 3.25. The molecule has 3 rings (SSSR count). The smallest absolute Gasteiger partial charge is 0.206 e. The fourth-order valence-electron chi connectivity index (χ4n) is 3.82. The Morgan fingerprint density at radius 1 is 1.24 bits per heavy atom. The Hall–Kier alpha value is -1.03. The molecule has 1 atom stereocenters. The minimum Gasteiger partial charge on any atom is -0.341 e. The van der Waals surface area contributed by atoms with Gasteiger partial charge in [-0.05, 0) is 38.6 Å². The summed E-state index contributed by atoms with van der Waals surface area (Å²) in [5, 5.41) is 3.53. The Bertz CT molecular complexity index is 442. The fraction of sp³-hybridized carbons (Fsp3) is 0.824. The number of rotatable bonds is 4. The first kappa shape index (κ1) is 14.9. The molecule has 118 valence electrons. The van der Waals surface area contributed by atoms with Crippen LogP contribution in [0, 0.1) is 0 Å². The number of imidazole rings is 1. The van der Waals surface area contributed by atoms with Crippen LogP contribution in [0.25, 0.3) is 0 Å². The SMILES string of the molecule is CCc1cn(C2CCCCC2)c(N(C)C2CCCNC2)n1. The average Bonchev–Trinajstić information content (AvgIpc) is 3.00. The first-order valence-corrected chi connectivity index (χ1v) is 8.81. The van der Waals surface area contributed by atoms with E-state index in [9.17, 15) is 0 Å². The number of aromatic nitrogens is 2. The Balaban J connectivity index is 1.83. The highest BCUT2D eigenvalue weighted by Gasteiger charge is 2.25. The van der Waals surface area contributed by atoms with E-state index in [0.717, 1.165) is 13.0 Å². The molecule has 0 spiro atoms. The third-order valence-electron chi connectivity index (χ3n) is 5.23. The van der Waals surface area contributed by atoms with Gasteiger partial charge >= 0.3 is 0 Å². The Morgan fingerprint density at radius 2 is 2.05 bits per heavy atom. The number of piperidine rings is 1. The van der Waals surface area contributed by atoms with Crippen LogP contribution in [0.1, 0.15) is 63.6 Å². The van der Waals surface area contributed by atoms with Crippen molar-refractivity contribution in [1.29, 1.82) is 0 Å². The van der Waals surface area contributed by atoms with Gasteiger partial charge in [-0.25, -0.2) is 4.98 Å². The van der Waals surface area contributed by atoms with Crippen LogP contribution in [0.3, 0.4) is 0 Å². The van der Waals surface area contributed by atoms with Gasteiger partial charge in [-0.1, -0.05) is 26.2 Å². The van der Waals surface area contributed by atoms with E-state index in [0.29, 0.717) is 12.1 Å². The van der Waals surface area contributed by atoms with Crippen LogP contribution in [0.5, 0.6) is 0 Å². The van der Waals surface area contributed by atoms with Crippen LogP contribution < -0.4 is 10.2 Å². The molecule has 1 saturated heterocycles. The van der Waals surface area contributed by atoms with Gasteiger partial charge in [-0.3, -0.25) is 0 Å². The Kier molecular flexibility index (Phi) is 4.84. The van der Waals surface area contributed by atoms with E-state index in [1.165, 1.54) is 63.1 Å². The van der Waals surface area contributed by atoms with Gasteiger partial charge in [0.05, 0.1) is 5.69 Å². The molecule has 0 amide bonds. The zero-order valence-electron chi connectivity index (χ0n) is 13.6. The summed E-state index contributed by atoms with van der Waals surface area (Å²) in [6.45, 7) is 4.47. The van der Waals surface area contributed by atoms with Crippen molar-refractivity contribution in [3.8, 4) is 0 Å². The van der Waals surface area contributed by atoms with Crippen molar-refractivity contribution in [2.45, 2.75) is 70.4 Å². The van der Waals surface area contributed by atoms with E-state index in [1.54, 1.807) is 0 Å². The molecule has 1 saturated carbocycles. The van der Waals surface area contributed by atoms with Gasteiger partial charge in [0.1, 0.15) is 0 Å². The van der Waals surface area contributed by atoms with Crippen molar-refractivity contribution in [3.63, 3.8) is 0 Å². The van der Waals surface area contributed by atoms with Crippen molar-refractivity contribution in [3.05, 3.63) is 11.9 Å². The number of nitrogens with zero attached hydrogens (tertiary/aromatic N) is 3. The van der Waals surface area contributed by atoms with Crippen molar-refractivity contribution in [2.75, 3.05) is 25.0 Å². The van der Waals surface area contributed by atoms with Gasteiger partial charge in [-0.2, -0.15) is 0 Å². The molecule has 2 aliphatic rings. The second-order valence-corrected chi connectivity index (χ2v) is 6.70. The zero-order valence-corrected chi connectivity index (χ0v) is 13.6. The lowest BCUT2D eigenvalue weighted by atomic mass is 9.95. The highest BCUT2D eigenvalue weighted by Crippen LogP contribution is 2.32. The second-order valence-electron chi connectivity index (χ2n) is 6.70. The molecule has 21 heavy (non-hydrogen) atoms. The molecule has 4 heteroatoms. The molecule has 0 radical (unpaired) electrons. The predicted molar refractivity (Wildman–Crippen MR) is 88.0 cm³/mol. The van der Waals surface area contributed by atoms with Crippen molar-refractivity contribution in [2.24, 2.45) is 0 Å². The molecular weight excluding hydrogens is 260 g/mol. The van der Waals surface area contributed by atoms with E-state index in [4.69, 9.17) is 4.98 Å². The minimum absolute atomic E-state index is 0.591. The summed E-state index contributed by atoms with van der Waals surface area (Å²) < 4.78 is 2.49. The molecule has 1 aliphatic heterocycles. The maximum atomic E-state index is 4.94. The van der Waals surface area contributed by atoms with E-state index in [2.05, 4.69) is 35.0 Å². The summed E-state index contributed by atoms with van der Waals surface area (Å²) in [5.41, 5.74) is 1.24. The second kappa shape index (κ2) is 6.82. The van der Waals surface area contributed by atoms with Crippen molar-refractivity contribution >= 4 is 5.95 Å². The summed E-state index contributed by atoms with van der Waals surface area (Å²) in [6, 6.07) is 1.26. The summed E-state index contributed by atoms with van der Waals surface area (Å²) in [7, 11) is 2.23. The molecule has 0 bridgehead atoms. The van der Waals surface area contributed by atoms with Crippen LogP contribution in [-0.4, -0.2) is 35.7 Å². The van der Waals surface area contributed by atoms with Gasteiger partial charge in [0, 0.05) is 31.9 Å². The summed E-state index contributed by atoms with van der Waals surface area (Å²) in [5.74, 6) is 1.20. The first-order chi connectivity index (χ1) is 10.3. The molecule has 4 nitrogen and oxygen atoms in total. The number of nitrogens with one attached hydrogen (secondary N) is 1. The van der Waals surface area contributed by atoms with Gasteiger partial charge in [0.15, 0.2) is 0 Å². The van der Waals surface area contributed by atoms with E-state index in [-0.39, 0.29) is 0 Å². The number of likely N-dealkylation sites (N-methyl/N-ethyl adjacent to an activating group) is 1. The lowest BCUT2D eigenvalue weighted by molar-refractivity contribution is 0.349. The van der Waals surface area contributed by atoms with E-state index < -0.39 is 0 Å². The lowest BCUT2D eigenvalue weighted by Gasteiger charge is -2.34. The topological polar surface area (TPSA) is 33.1 Å². The monoisotopic (exact) mass is 290 g/mol. The van der Waals surface area contributed by atoms with Crippen LogP contribution in [-0.2, 0) is 6.42 Å². The van der Waals surface area contributed by atoms with Gasteiger partial charge in [-0.15, -0.1) is 0 Å². The average molecular weight is 290 g/mol. The molecule has 1 N–H and O–H groups in total. The number of anilines is 1. The van der Waals surface area contributed by atoms with Crippen molar-refractivity contribution in [1.82, 2.24) is 14.9 Å². The molecule has 1 aliphatic carbocycles. The van der Waals surface area contributed by atoms with E-state index in [1.807, 2.05) is 0 Å². The lowest BCUT2D eigenvalue weighted by Crippen LogP contribution is -2.45. The first-order valence-electron chi connectivity index (χ1n) is 8.81. The van der Waals surface area contributed by atoms with Crippen LogP contribution in [0.4, 0.5) is 5.95 Å². The molecule has 1 aromatic heterocycles. The molecule has 0 aromatic carbocycles. The molecule has 2 fully saturated rings. The summed E-state index contributed by atoms with van der Waals surface area (Å²) in [6.07, 6.45) is 12.7. The minimum atomic E-state index is 0.591. The standard InChI is InChI=1S/C17H30N4/c1-3-14-13-21(15-8-5-4-6-9-15)17(19-14)20(2)16-10-7-11-18-12-16/h13,15-16,18H,3-12H2,1-2H3. The summed E-state index contributed by atoms with van der Waals surface area (Å²) >= 11 is 0. The number of hydrogen-bond acceptors (Lipinski definition) is 3. The number of hydrogen-bond donors (Lipinski definition) is 1. The molecular formula is C17H30N4. The van der Waals surface area contributed by atoms with Crippen LogP contribution in [0.15, 0.2) is 6.20 Å². The normalized spacial score (nSPS) is 24.2. The maximum Gasteiger partial charge on any atom is 0.206 e.